The Morgan fingerprint density at radius 3 is 1.76 bits per heavy atom. The molecule has 0 bridgehead atoms. The van der Waals surface area contributed by atoms with Crippen LogP contribution >= 0.6 is 11.9 Å². The van der Waals surface area contributed by atoms with E-state index in [1.807, 2.05) is 18.2 Å². The molecule has 2 rings (SSSR count). The Hall–Kier alpha value is -1.67. The molecule has 0 aliphatic carbocycles. The second-order valence-electron chi connectivity index (χ2n) is 3.55. The van der Waals surface area contributed by atoms with E-state index in [4.69, 9.17) is 0 Å². The van der Waals surface area contributed by atoms with Gasteiger partial charge in [-0.05, 0) is 36.2 Å². The van der Waals surface area contributed by atoms with Gasteiger partial charge in [0.2, 0.25) is 0 Å². The van der Waals surface area contributed by atoms with Crippen LogP contribution in [0.4, 0.5) is 11.4 Å². The predicted octanol–water partition coefficient (Wildman–Crippen LogP) is 4.66. The van der Waals surface area contributed by atoms with E-state index < -0.39 is 0 Å². The van der Waals surface area contributed by atoms with Gasteiger partial charge < -0.3 is 0 Å². The van der Waals surface area contributed by atoms with Crippen LogP contribution in [0.25, 0.3) is 0 Å². The molecule has 2 aromatic carbocycles. The first kappa shape index (κ1) is 11.8. The smallest absolute Gasteiger partial charge is 0.0525 e. The summed E-state index contributed by atoms with van der Waals surface area (Å²) in [6.45, 7) is 3.77. The number of rotatable bonds is 5. The molecule has 1 nitrogen and oxygen atoms in total. The van der Waals surface area contributed by atoms with Gasteiger partial charge in [-0.3, -0.25) is 4.31 Å². The highest BCUT2D eigenvalue weighted by Crippen LogP contribution is 2.31. The first-order chi connectivity index (χ1) is 8.42. The molecule has 2 aromatic rings. The fourth-order valence-corrected chi connectivity index (χ4v) is 2.35. The highest BCUT2D eigenvalue weighted by molar-refractivity contribution is 8.01. The SMILES string of the molecule is C=CCSN(c1ccccc1)c1ccccc1. The van der Waals surface area contributed by atoms with Gasteiger partial charge in [-0.15, -0.1) is 6.58 Å². The van der Waals surface area contributed by atoms with Gasteiger partial charge in [0.25, 0.3) is 0 Å². The molecule has 0 heterocycles. The van der Waals surface area contributed by atoms with Crippen molar-refractivity contribution in [2.24, 2.45) is 0 Å². The van der Waals surface area contributed by atoms with Gasteiger partial charge in [0.1, 0.15) is 0 Å². The zero-order valence-electron chi connectivity index (χ0n) is 9.62. The molecule has 0 spiro atoms. The Balaban J connectivity index is 2.29. The third kappa shape index (κ3) is 3.14. The molecule has 0 radical (unpaired) electrons. The van der Waals surface area contributed by atoms with Gasteiger partial charge in [0.05, 0.1) is 11.4 Å². The second-order valence-corrected chi connectivity index (χ2v) is 4.51. The highest BCUT2D eigenvalue weighted by Gasteiger charge is 2.07. The molecule has 17 heavy (non-hydrogen) atoms. The van der Waals surface area contributed by atoms with E-state index in [0.717, 1.165) is 5.75 Å². The van der Waals surface area contributed by atoms with Gasteiger partial charge in [-0.25, -0.2) is 0 Å². The van der Waals surface area contributed by atoms with Crippen molar-refractivity contribution in [1.29, 1.82) is 0 Å². The van der Waals surface area contributed by atoms with Crippen LogP contribution in [0, 0.1) is 0 Å². The summed E-state index contributed by atoms with van der Waals surface area (Å²) in [7, 11) is 0. The van der Waals surface area contributed by atoms with Crippen molar-refractivity contribution in [2.45, 2.75) is 0 Å². The van der Waals surface area contributed by atoms with Crippen LogP contribution in [0.5, 0.6) is 0 Å². The van der Waals surface area contributed by atoms with Crippen LogP contribution in [0.3, 0.4) is 0 Å². The first-order valence-electron chi connectivity index (χ1n) is 5.56. The van der Waals surface area contributed by atoms with E-state index in [1.54, 1.807) is 11.9 Å². The number of nitrogens with zero attached hydrogens (tertiary/aromatic N) is 1. The zero-order valence-corrected chi connectivity index (χ0v) is 10.4. The van der Waals surface area contributed by atoms with Gasteiger partial charge in [0, 0.05) is 5.75 Å². The molecule has 2 heteroatoms. The largest absolute Gasteiger partial charge is 0.284 e. The van der Waals surface area contributed by atoms with Gasteiger partial charge in [0.15, 0.2) is 0 Å². The van der Waals surface area contributed by atoms with Gasteiger partial charge in [-0.2, -0.15) is 0 Å². The van der Waals surface area contributed by atoms with E-state index in [9.17, 15) is 0 Å². The second kappa shape index (κ2) is 6.16. The molecular weight excluding hydrogens is 226 g/mol. The van der Waals surface area contributed by atoms with Gasteiger partial charge in [-0.1, -0.05) is 42.5 Å². The Morgan fingerprint density at radius 1 is 0.882 bits per heavy atom. The van der Waals surface area contributed by atoms with E-state index >= 15 is 0 Å². The molecule has 0 N–H and O–H groups in total. The molecule has 0 amide bonds. The van der Waals surface area contributed by atoms with Crippen LogP contribution in [-0.2, 0) is 0 Å². The van der Waals surface area contributed by atoms with Gasteiger partial charge >= 0.3 is 0 Å². The molecule has 0 aliphatic rings. The zero-order chi connectivity index (χ0) is 11.9. The fourth-order valence-electron chi connectivity index (χ4n) is 1.55. The summed E-state index contributed by atoms with van der Waals surface area (Å²) in [5.41, 5.74) is 2.37. The quantitative estimate of drug-likeness (QED) is 0.553. The number of anilines is 2. The summed E-state index contributed by atoms with van der Waals surface area (Å²) in [5, 5.41) is 0. The minimum atomic E-state index is 0.893. The number of hydrogen-bond acceptors (Lipinski definition) is 2. The third-order valence-electron chi connectivity index (χ3n) is 2.30. The summed E-state index contributed by atoms with van der Waals surface area (Å²) in [5.74, 6) is 0.893. The average Bonchev–Trinajstić information content (AvgIpc) is 2.42. The van der Waals surface area contributed by atoms with Crippen LogP contribution in [0.1, 0.15) is 0 Å². The maximum atomic E-state index is 3.77. The minimum Gasteiger partial charge on any atom is -0.284 e. The summed E-state index contributed by atoms with van der Waals surface area (Å²) < 4.78 is 2.22. The van der Waals surface area contributed by atoms with E-state index in [1.165, 1.54) is 11.4 Å². The van der Waals surface area contributed by atoms with Crippen molar-refractivity contribution >= 4 is 23.3 Å². The molecule has 0 aromatic heterocycles. The fraction of sp³-hybridized carbons (Fsp3) is 0.0667. The molecule has 86 valence electrons. The Kier molecular flexibility index (Phi) is 4.28. The Morgan fingerprint density at radius 2 is 1.35 bits per heavy atom. The van der Waals surface area contributed by atoms with Crippen LogP contribution in [0.15, 0.2) is 73.3 Å². The lowest BCUT2D eigenvalue weighted by atomic mass is 10.3. The van der Waals surface area contributed by atoms with Crippen molar-refractivity contribution in [1.82, 2.24) is 0 Å². The first-order valence-corrected chi connectivity index (χ1v) is 6.50. The highest BCUT2D eigenvalue weighted by atomic mass is 32.2. The molecule has 0 fully saturated rings. The van der Waals surface area contributed by atoms with E-state index in [0.29, 0.717) is 0 Å². The minimum absolute atomic E-state index is 0.893. The van der Waals surface area contributed by atoms with Crippen molar-refractivity contribution in [3.05, 3.63) is 73.3 Å². The van der Waals surface area contributed by atoms with E-state index in [2.05, 4.69) is 59.4 Å². The van der Waals surface area contributed by atoms with Crippen LogP contribution in [-0.4, -0.2) is 5.75 Å². The average molecular weight is 241 g/mol. The number of benzene rings is 2. The number of hydrogen-bond donors (Lipinski definition) is 0. The molecule has 0 aliphatic heterocycles. The molecule has 0 saturated heterocycles. The number of para-hydroxylation sites is 2. The third-order valence-corrected chi connectivity index (χ3v) is 3.37. The molecule has 0 atom stereocenters. The molecule has 0 unspecified atom stereocenters. The van der Waals surface area contributed by atoms with Crippen molar-refractivity contribution in [2.75, 3.05) is 10.1 Å². The predicted molar refractivity (Wildman–Crippen MR) is 77.7 cm³/mol. The Bertz CT molecular complexity index is 413. The van der Waals surface area contributed by atoms with Crippen LogP contribution < -0.4 is 4.31 Å². The van der Waals surface area contributed by atoms with E-state index in [-0.39, 0.29) is 0 Å². The molecular formula is C15H15NS. The monoisotopic (exact) mass is 241 g/mol. The van der Waals surface area contributed by atoms with Crippen molar-refractivity contribution in [3.63, 3.8) is 0 Å². The molecule has 0 saturated carbocycles. The summed E-state index contributed by atoms with van der Waals surface area (Å²) in [6, 6.07) is 20.7. The maximum Gasteiger partial charge on any atom is 0.0525 e. The lowest BCUT2D eigenvalue weighted by Crippen LogP contribution is -2.06. The maximum absolute atomic E-state index is 3.77. The lowest BCUT2D eigenvalue weighted by Gasteiger charge is -2.22. The van der Waals surface area contributed by atoms with Crippen LogP contribution in [0.2, 0.25) is 0 Å². The summed E-state index contributed by atoms with van der Waals surface area (Å²) >= 11 is 1.74. The summed E-state index contributed by atoms with van der Waals surface area (Å²) in [4.78, 5) is 0. The van der Waals surface area contributed by atoms with Crippen molar-refractivity contribution < 1.29 is 0 Å². The normalized spacial score (nSPS) is 9.88. The van der Waals surface area contributed by atoms with Crippen molar-refractivity contribution in [3.8, 4) is 0 Å². The lowest BCUT2D eigenvalue weighted by molar-refractivity contribution is 1.43. The summed E-state index contributed by atoms with van der Waals surface area (Å²) in [6.07, 6.45) is 1.92. The standard InChI is InChI=1S/C15H15NS/c1-2-13-17-16(14-9-5-3-6-10-14)15-11-7-4-8-12-15/h2-12H,1,13H2. The topological polar surface area (TPSA) is 3.24 Å². The Labute approximate surface area is 107 Å².